The van der Waals surface area contributed by atoms with Gasteiger partial charge >= 0.3 is 5.97 Å². The summed E-state index contributed by atoms with van der Waals surface area (Å²) in [5.41, 5.74) is 5.75. The average Bonchev–Trinajstić information content (AvgIpc) is 2.17. The highest BCUT2D eigenvalue weighted by Gasteiger charge is 2.19. The van der Waals surface area contributed by atoms with E-state index in [1.54, 1.807) is 7.11 Å². The summed E-state index contributed by atoms with van der Waals surface area (Å²) in [4.78, 5) is 10.5. The van der Waals surface area contributed by atoms with Crippen LogP contribution in [0.1, 0.15) is 12.8 Å². The molecule has 0 amide bonds. The van der Waals surface area contributed by atoms with Gasteiger partial charge < -0.3 is 15.6 Å². The summed E-state index contributed by atoms with van der Waals surface area (Å²) in [5, 5.41) is 8.59. The second-order valence-electron chi connectivity index (χ2n) is 3.34. The summed E-state index contributed by atoms with van der Waals surface area (Å²) in [7, 11) is 1.58. The van der Waals surface area contributed by atoms with Crippen molar-refractivity contribution in [1.82, 2.24) is 0 Å². The molecule has 0 heterocycles. The molecule has 1 aliphatic rings. The largest absolute Gasteiger partial charge is 0.497 e. The highest BCUT2D eigenvalue weighted by molar-refractivity contribution is 5.67. The van der Waals surface area contributed by atoms with E-state index in [4.69, 9.17) is 15.6 Å². The molecule has 0 aliphatic heterocycles. The van der Waals surface area contributed by atoms with Gasteiger partial charge in [0.05, 0.1) is 13.5 Å². The molecule has 0 aromatic rings. The molecule has 1 rings (SSSR count). The lowest BCUT2D eigenvalue weighted by Crippen LogP contribution is -2.32. The van der Waals surface area contributed by atoms with Crippen LogP contribution in [0.15, 0.2) is 24.0 Å². The Morgan fingerprint density at radius 2 is 2.57 bits per heavy atom. The van der Waals surface area contributed by atoms with Crippen LogP contribution in [-0.2, 0) is 9.53 Å². The minimum Gasteiger partial charge on any atom is -0.497 e. The van der Waals surface area contributed by atoms with Crippen molar-refractivity contribution in [3.63, 3.8) is 0 Å². The van der Waals surface area contributed by atoms with Crippen LogP contribution in [0, 0.1) is 5.92 Å². The molecule has 0 radical (unpaired) electrons. The Balaban J connectivity index is 2.57. The number of rotatable bonds is 4. The molecule has 0 saturated heterocycles. The lowest BCUT2D eigenvalue weighted by Gasteiger charge is -2.21. The van der Waals surface area contributed by atoms with Gasteiger partial charge in [-0.2, -0.15) is 0 Å². The van der Waals surface area contributed by atoms with E-state index in [0.717, 1.165) is 12.2 Å². The molecule has 14 heavy (non-hydrogen) atoms. The van der Waals surface area contributed by atoms with Gasteiger partial charge in [0.15, 0.2) is 0 Å². The van der Waals surface area contributed by atoms with E-state index < -0.39 is 5.97 Å². The van der Waals surface area contributed by atoms with Gasteiger partial charge in [-0.05, 0) is 24.5 Å². The summed E-state index contributed by atoms with van der Waals surface area (Å²) >= 11 is 0. The zero-order valence-electron chi connectivity index (χ0n) is 8.14. The van der Waals surface area contributed by atoms with E-state index in [2.05, 4.69) is 0 Å². The Morgan fingerprint density at radius 1 is 1.86 bits per heavy atom. The molecule has 0 aromatic heterocycles. The number of hydrogen-bond donors (Lipinski definition) is 2. The zero-order valence-corrected chi connectivity index (χ0v) is 8.14. The van der Waals surface area contributed by atoms with Gasteiger partial charge in [-0.15, -0.1) is 0 Å². The fourth-order valence-electron chi connectivity index (χ4n) is 1.46. The number of ether oxygens (including phenoxy) is 1. The molecule has 0 bridgehead atoms. The van der Waals surface area contributed by atoms with Gasteiger partial charge in [-0.3, -0.25) is 4.79 Å². The molecule has 3 N–H and O–H groups in total. The Hall–Kier alpha value is -1.29. The summed E-state index contributed by atoms with van der Waals surface area (Å²) in [5.74, 6) is -0.0486. The van der Waals surface area contributed by atoms with Gasteiger partial charge in [0.25, 0.3) is 0 Å². The fraction of sp³-hybridized carbons (Fsp3) is 0.500. The molecule has 2 atom stereocenters. The van der Waals surface area contributed by atoms with E-state index in [1.807, 2.05) is 18.2 Å². The van der Waals surface area contributed by atoms with Gasteiger partial charge in [-0.1, -0.05) is 6.08 Å². The third kappa shape index (κ3) is 2.88. The topological polar surface area (TPSA) is 72.5 Å². The van der Waals surface area contributed by atoms with Crippen molar-refractivity contribution in [2.75, 3.05) is 7.11 Å². The molecule has 0 fully saturated rings. The number of aliphatic carboxylic acids is 1. The molecular weight excluding hydrogens is 182 g/mol. The lowest BCUT2D eigenvalue weighted by atomic mass is 9.91. The second-order valence-corrected chi connectivity index (χ2v) is 3.34. The summed E-state index contributed by atoms with van der Waals surface area (Å²) in [6.07, 6.45) is 6.47. The van der Waals surface area contributed by atoms with Crippen molar-refractivity contribution >= 4 is 5.97 Å². The molecule has 0 aromatic carbocycles. The van der Waals surface area contributed by atoms with Crippen LogP contribution >= 0.6 is 0 Å². The molecule has 1 aliphatic carbocycles. The molecule has 4 nitrogen and oxygen atoms in total. The first-order chi connectivity index (χ1) is 6.63. The van der Waals surface area contributed by atoms with Crippen LogP contribution in [0.3, 0.4) is 0 Å². The Labute approximate surface area is 83.0 Å². The highest BCUT2D eigenvalue weighted by Crippen LogP contribution is 2.20. The molecule has 0 saturated carbocycles. The van der Waals surface area contributed by atoms with Crippen LogP contribution in [0.4, 0.5) is 0 Å². The van der Waals surface area contributed by atoms with E-state index >= 15 is 0 Å². The molecule has 1 unspecified atom stereocenters. The maximum absolute atomic E-state index is 10.5. The van der Waals surface area contributed by atoms with E-state index in [1.165, 1.54) is 0 Å². The van der Waals surface area contributed by atoms with E-state index in [-0.39, 0.29) is 18.4 Å². The Kier molecular flexibility index (Phi) is 3.71. The van der Waals surface area contributed by atoms with Crippen molar-refractivity contribution in [2.24, 2.45) is 11.7 Å². The van der Waals surface area contributed by atoms with Gasteiger partial charge in [-0.25, -0.2) is 0 Å². The van der Waals surface area contributed by atoms with Crippen molar-refractivity contribution in [1.29, 1.82) is 0 Å². The predicted molar refractivity (Wildman–Crippen MR) is 52.6 cm³/mol. The van der Waals surface area contributed by atoms with Crippen molar-refractivity contribution < 1.29 is 14.6 Å². The maximum atomic E-state index is 10.5. The average molecular weight is 197 g/mol. The minimum absolute atomic E-state index is 0.00794. The third-order valence-electron chi connectivity index (χ3n) is 2.26. The lowest BCUT2D eigenvalue weighted by molar-refractivity contribution is -0.137. The number of nitrogens with two attached hydrogens (primary N) is 1. The minimum atomic E-state index is -0.862. The first-order valence-electron chi connectivity index (χ1n) is 4.53. The highest BCUT2D eigenvalue weighted by atomic mass is 16.5. The molecule has 0 spiro atoms. The number of carboxylic acid groups (broad SMARTS) is 1. The smallest absolute Gasteiger partial charge is 0.304 e. The normalized spacial score (nSPS) is 22.7. The monoisotopic (exact) mass is 197 g/mol. The zero-order chi connectivity index (χ0) is 10.6. The Bertz CT molecular complexity index is 271. The summed E-state index contributed by atoms with van der Waals surface area (Å²) in [6.45, 7) is 0. The van der Waals surface area contributed by atoms with Gasteiger partial charge in [0, 0.05) is 6.04 Å². The van der Waals surface area contributed by atoms with E-state index in [9.17, 15) is 4.79 Å². The van der Waals surface area contributed by atoms with Crippen molar-refractivity contribution in [3.05, 3.63) is 24.0 Å². The predicted octanol–water partition coefficient (Wildman–Crippen LogP) is 0.895. The van der Waals surface area contributed by atoms with Crippen LogP contribution < -0.4 is 5.73 Å². The third-order valence-corrected chi connectivity index (χ3v) is 2.26. The number of carbonyl (C=O) groups is 1. The maximum Gasteiger partial charge on any atom is 0.304 e. The standard InChI is InChI=1S/C10H15NO3/c1-14-8-4-2-3-7(5-8)9(11)6-10(12)13/h2,4-5,7,9H,3,6,11H2,1H3,(H,12,13)/t7?,9-/m0/s1. The summed E-state index contributed by atoms with van der Waals surface area (Å²) in [6, 6.07) is -0.345. The number of hydrogen-bond acceptors (Lipinski definition) is 3. The SMILES string of the molecule is COC1=CC([C@@H](N)CC(=O)O)CC=C1. The first-order valence-corrected chi connectivity index (χ1v) is 4.53. The van der Waals surface area contributed by atoms with Crippen molar-refractivity contribution in [3.8, 4) is 0 Å². The number of methoxy groups -OCH3 is 1. The van der Waals surface area contributed by atoms with Crippen LogP contribution in [-0.4, -0.2) is 24.2 Å². The molecule has 78 valence electrons. The number of carboxylic acids is 1. The van der Waals surface area contributed by atoms with Crippen molar-refractivity contribution in [2.45, 2.75) is 18.9 Å². The Morgan fingerprint density at radius 3 is 3.14 bits per heavy atom. The quantitative estimate of drug-likeness (QED) is 0.702. The van der Waals surface area contributed by atoms with Gasteiger partial charge in [0.1, 0.15) is 5.76 Å². The van der Waals surface area contributed by atoms with Crippen LogP contribution in [0.25, 0.3) is 0 Å². The van der Waals surface area contributed by atoms with Crippen LogP contribution in [0.5, 0.6) is 0 Å². The second kappa shape index (κ2) is 4.81. The van der Waals surface area contributed by atoms with Crippen LogP contribution in [0.2, 0.25) is 0 Å². The molecule has 4 heteroatoms. The van der Waals surface area contributed by atoms with Gasteiger partial charge in [0.2, 0.25) is 0 Å². The fourth-order valence-corrected chi connectivity index (χ4v) is 1.46. The molecular formula is C10H15NO3. The number of allylic oxidation sites excluding steroid dienone is 2. The van der Waals surface area contributed by atoms with E-state index in [0.29, 0.717) is 0 Å². The first kappa shape index (κ1) is 10.8. The summed E-state index contributed by atoms with van der Waals surface area (Å²) < 4.78 is 5.05.